The van der Waals surface area contributed by atoms with Gasteiger partial charge in [-0.2, -0.15) is 0 Å². The van der Waals surface area contributed by atoms with Gasteiger partial charge in [0, 0.05) is 12.1 Å². The lowest BCUT2D eigenvalue weighted by atomic mass is 10.2. The second-order valence-electron chi connectivity index (χ2n) is 5.25. The second-order valence-corrected chi connectivity index (χ2v) is 5.25. The number of hydrogen-bond donors (Lipinski definition) is 1. The van der Waals surface area contributed by atoms with Crippen molar-refractivity contribution in [2.24, 2.45) is 0 Å². The highest BCUT2D eigenvalue weighted by Crippen LogP contribution is 2.34. The summed E-state index contributed by atoms with van der Waals surface area (Å²) in [6.07, 6.45) is 0.122. The van der Waals surface area contributed by atoms with Crippen LogP contribution in [0.2, 0.25) is 0 Å². The molecule has 0 spiro atoms. The molecule has 0 bridgehead atoms. The van der Waals surface area contributed by atoms with Crippen molar-refractivity contribution in [3.8, 4) is 11.5 Å². The molecule has 1 atom stereocenters. The maximum Gasteiger partial charge on any atom is 0.227 e. The van der Waals surface area contributed by atoms with E-state index in [1.165, 1.54) is 6.07 Å². The Labute approximate surface area is 142 Å². The molecule has 0 aromatic heterocycles. The maximum atomic E-state index is 14.3. The Balaban J connectivity index is 2.22. The predicted molar refractivity (Wildman–Crippen MR) is 91.9 cm³/mol. The molecule has 0 radical (unpaired) electrons. The van der Waals surface area contributed by atoms with E-state index < -0.39 is 12.1 Å². The van der Waals surface area contributed by atoms with Gasteiger partial charge >= 0.3 is 0 Å². The highest BCUT2D eigenvalue weighted by molar-refractivity contribution is 5.41. The molecule has 0 saturated heterocycles. The number of halogens is 1. The molecule has 1 N–H and O–H groups in total. The van der Waals surface area contributed by atoms with E-state index in [2.05, 4.69) is 5.32 Å². The van der Waals surface area contributed by atoms with E-state index in [0.29, 0.717) is 25.5 Å². The van der Waals surface area contributed by atoms with Crippen LogP contribution in [-0.2, 0) is 4.74 Å². The molecular weight excluding hydrogens is 309 g/mol. The van der Waals surface area contributed by atoms with E-state index in [4.69, 9.17) is 14.2 Å². The Hall–Kier alpha value is -2.11. The predicted octanol–water partition coefficient (Wildman–Crippen LogP) is 3.93. The fraction of sp³-hybridized carbons (Fsp3) is 0.368. The van der Waals surface area contributed by atoms with E-state index in [1.807, 2.05) is 44.3 Å². The van der Waals surface area contributed by atoms with Gasteiger partial charge in [0.2, 0.25) is 12.0 Å². The van der Waals surface area contributed by atoms with Crippen LogP contribution in [0.5, 0.6) is 11.5 Å². The van der Waals surface area contributed by atoms with Gasteiger partial charge in [0.1, 0.15) is 0 Å². The zero-order valence-electron chi connectivity index (χ0n) is 14.1. The summed E-state index contributed by atoms with van der Waals surface area (Å²) in [6, 6.07) is 14.1. The lowest BCUT2D eigenvalue weighted by Crippen LogP contribution is -2.20. The van der Waals surface area contributed by atoms with Crippen molar-refractivity contribution in [1.82, 2.24) is 5.32 Å². The molecule has 0 aliphatic rings. The minimum absolute atomic E-state index is 0.0734. The Morgan fingerprint density at radius 1 is 1.04 bits per heavy atom. The summed E-state index contributed by atoms with van der Waals surface area (Å²) < 4.78 is 31.5. The van der Waals surface area contributed by atoms with Gasteiger partial charge in [0.05, 0.1) is 13.2 Å². The molecule has 0 aliphatic carbocycles. The van der Waals surface area contributed by atoms with Crippen LogP contribution < -0.4 is 14.8 Å². The number of likely N-dealkylation sites (N-methyl/N-ethyl adjacent to an activating group) is 1. The van der Waals surface area contributed by atoms with Crippen LogP contribution in [0.15, 0.2) is 48.5 Å². The third-order valence-corrected chi connectivity index (χ3v) is 3.31. The van der Waals surface area contributed by atoms with Crippen LogP contribution in [0.3, 0.4) is 0 Å². The highest BCUT2D eigenvalue weighted by Gasteiger charge is 2.19. The molecule has 1 unspecified atom stereocenters. The van der Waals surface area contributed by atoms with Crippen molar-refractivity contribution in [1.29, 1.82) is 0 Å². The van der Waals surface area contributed by atoms with Crippen LogP contribution >= 0.6 is 0 Å². The summed E-state index contributed by atoms with van der Waals surface area (Å²) in [5, 5.41) is 3.01. The van der Waals surface area contributed by atoms with Crippen LogP contribution in [0, 0.1) is 5.82 Å². The summed E-state index contributed by atoms with van der Waals surface area (Å²) >= 11 is 0. The Morgan fingerprint density at radius 3 is 2.54 bits per heavy atom. The number of para-hydroxylation sites is 1. The molecule has 0 fully saturated rings. The number of benzene rings is 2. The monoisotopic (exact) mass is 333 g/mol. The number of rotatable bonds is 10. The summed E-state index contributed by atoms with van der Waals surface area (Å²) in [7, 11) is 1.84. The van der Waals surface area contributed by atoms with Gasteiger partial charge in [-0.05, 0) is 25.6 Å². The fourth-order valence-electron chi connectivity index (χ4n) is 2.11. The summed E-state index contributed by atoms with van der Waals surface area (Å²) in [5.41, 5.74) is 0.818. The lowest BCUT2D eigenvalue weighted by Gasteiger charge is -2.22. The molecule has 4 nitrogen and oxygen atoms in total. The zero-order chi connectivity index (χ0) is 17.2. The molecule has 0 heterocycles. The smallest absolute Gasteiger partial charge is 0.227 e. The van der Waals surface area contributed by atoms with Crippen LogP contribution in [0.1, 0.15) is 25.2 Å². The van der Waals surface area contributed by atoms with Crippen LogP contribution in [0.25, 0.3) is 0 Å². The van der Waals surface area contributed by atoms with Crippen molar-refractivity contribution in [2.45, 2.75) is 19.6 Å². The Morgan fingerprint density at radius 2 is 1.83 bits per heavy atom. The standard InChI is InChI=1S/C19H24FNO3/c1-3-13-22-17-11-7-10-16(20)18(17)24-19(23-14-12-21-2)15-8-5-4-6-9-15/h4-11,19,21H,3,12-14H2,1-2H3. The largest absolute Gasteiger partial charge is 0.490 e. The molecule has 2 aromatic rings. The van der Waals surface area contributed by atoms with Crippen molar-refractivity contribution < 1.29 is 18.6 Å². The molecule has 5 heteroatoms. The van der Waals surface area contributed by atoms with E-state index in [1.54, 1.807) is 12.1 Å². The number of nitrogens with one attached hydrogen (secondary N) is 1. The molecule has 0 aliphatic heterocycles. The Bertz CT molecular complexity index is 607. The van der Waals surface area contributed by atoms with Crippen LogP contribution in [-0.4, -0.2) is 26.8 Å². The van der Waals surface area contributed by atoms with Gasteiger partial charge in [0.15, 0.2) is 11.6 Å². The summed E-state index contributed by atoms with van der Waals surface area (Å²) in [5.74, 6) is -0.0130. The topological polar surface area (TPSA) is 39.7 Å². The SMILES string of the molecule is CCCOc1cccc(F)c1OC(OCCNC)c1ccccc1. The normalized spacial score (nSPS) is 12.0. The van der Waals surface area contributed by atoms with Crippen molar-refractivity contribution >= 4 is 0 Å². The molecular formula is C19H24FNO3. The molecule has 2 aromatic carbocycles. The fourth-order valence-corrected chi connectivity index (χ4v) is 2.11. The van der Waals surface area contributed by atoms with Gasteiger partial charge < -0.3 is 19.5 Å². The molecule has 130 valence electrons. The van der Waals surface area contributed by atoms with E-state index >= 15 is 0 Å². The minimum atomic E-state index is -0.708. The van der Waals surface area contributed by atoms with Gasteiger partial charge in [-0.25, -0.2) is 4.39 Å². The van der Waals surface area contributed by atoms with Gasteiger partial charge in [-0.15, -0.1) is 0 Å². The lowest BCUT2D eigenvalue weighted by molar-refractivity contribution is -0.0846. The van der Waals surface area contributed by atoms with Gasteiger partial charge in [0.25, 0.3) is 0 Å². The first kappa shape index (κ1) is 18.2. The first-order valence-corrected chi connectivity index (χ1v) is 8.15. The average molecular weight is 333 g/mol. The number of ether oxygens (including phenoxy) is 3. The third kappa shape index (κ3) is 5.22. The van der Waals surface area contributed by atoms with Crippen molar-refractivity contribution in [2.75, 3.05) is 26.8 Å². The average Bonchev–Trinajstić information content (AvgIpc) is 2.61. The molecule has 2 rings (SSSR count). The maximum absolute atomic E-state index is 14.3. The first-order chi connectivity index (χ1) is 11.8. The molecule has 0 amide bonds. The summed E-state index contributed by atoms with van der Waals surface area (Å²) in [6.45, 7) is 3.60. The minimum Gasteiger partial charge on any atom is -0.490 e. The first-order valence-electron chi connectivity index (χ1n) is 8.15. The number of hydrogen-bond acceptors (Lipinski definition) is 4. The highest BCUT2D eigenvalue weighted by atomic mass is 19.1. The Kier molecular flexibility index (Phi) is 7.52. The van der Waals surface area contributed by atoms with E-state index in [9.17, 15) is 4.39 Å². The van der Waals surface area contributed by atoms with E-state index in [0.717, 1.165) is 12.0 Å². The van der Waals surface area contributed by atoms with Gasteiger partial charge in [-0.3, -0.25) is 0 Å². The zero-order valence-corrected chi connectivity index (χ0v) is 14.1. The summed E-state index contributed by atoms with van der Waals surface area (Å²) in [4.78, 5) is 0. The molecule has 0 saturated carbocycles. The van der Waals surface area contributed by atoms with Crippen LogP contribution in [0.4, 0.5) is 4.39 Å². The molecule has 24 heavy (non-hydrogen) atoms. The van der Waals surface area contributed by atoms with E-state index in [-0.39, 0.29) is 5.75 Å². The third-order valence-electron chi connectivity index (χ3n) is 3.31. The quantitative estimate of drug-likeness (QED) is 0.528. The van der Waals surface area contributed by atoms with Crippen molar-refractivity contribution in [3.05, 3.63) is 59.9 Å². The van der Waals surface area contributed by atoms with Gasteiger partial charge in [-0.1, -0.05) is 43.3 Å². The second kappa shape index (κ2) is 9.90. The van der Waals surface area contributed by atoms with Crippen molar-refractivity contribution in [3.63, 3.8) is 0 Å².